The molecule has 0 radical (unpaired) electrons. The van der Waals surface area contributed by atoms with Gasteiger partial charge < -0.3 is 9.84 Å². The second-order valence-corrected chi connectivity index (χ2v) is 6.08. The molecule has 0 fully saturated rings. The van der Waals surface area contributed by atoms with E-state index in [0.29, 0.717) is 13.2 Å². The molecule has 0 atom stereocenters. The first kappa shape index (κ1) is 15.0. The fourth-order valence-corrected chi connectivity index (χ4v) is 3.20. The Kier molecular flexibility index (Phi) is 4.05. The Balaban J connectivity index is 1.55. The molecule has 0 amide bonds. The van der Waals surface area contributed by atoms with E-state index in [0.717, 1.165) is 24.3 Å². The summed E-state index contributed by atoms with van der Waals surface area (Å²) in [7, 11) is 0. The molecule has 0 saturated heterocycles. The third-order valence-electron chi connectivity index (χ3n) is 4.41. The first-order valence-corrected chi connectivity index (χ1v) is 8.31. The molecule has 122 valence electrons. The Labute approximate surface area is 141 Å². The highest BCUT2D eigenvalue weighted by atomic mass is 16.5. The Morgan fingerprint density at radius 3 is 2.71 bits per heavy atom. The quantitative estimate of drug-likeness (QED) is 0.785. The van der Waals surface area contributed by atoms with Gasteiger partial charge >= 0.3 is 0 Å². The topological polar surface area (TPSA) is 47.3 Å². The summed E-state index contributed by atoms with van der Waals surface area (Å²) in [4.78, 5) is 0. The number of ether oxygens (including phenoxy) is 1. The van der Waals surface area contributed by atoms with Crippen molar-refractivity contribution in [3.05, 3.63) is 71.4 Å². The Morgan fingerprint density at radius 1 is 1.04 bits per heavy atom. The molecule has 24 heavy (non-hydrogen) atoms. The van der Waals surface area contributed by atoms with Crippen LogP contribution in [0.15, 0.2) is 54.7 Å². The van der Waals surface area contributed by atoms with Crippen molar-refractivity contribution in [1.82, 2.24) is 9.78 Å². The van der Waals surface area contributed by atoms with Gasteiger partial charge in [0.2, 0.25) is 0 Å². The monoisotopic (exact) mass is 320 g/mol. The van der Waals surface area contributed by atoms with Crippen molar-refractivity contribution in [3.63, 3.8) is 0 Å². The summed E-state index contributed by atoms with van der Waals surface area (Å²) < 4.78 is 7.76. The summed E-state index contributed by atoms with van der Waals surface area (Å²) in [5.74, 6) is 0.899. The van der Waals surface area contributed by atoms with Crippen LogP contribution < -0.4 is 4.74 Å². The van der Waals surface area contributed by atoms with Crippen molar-refractivity contribution in [2.24, 2.45) is 0 Å². The summed E-state index contributed by atoms with van der Waals surface area (Å²) in [6.07, 6.45) is 4.03. The van der Waals surface area contributed by atoms with Crippen LogP contribution in [0.4, 0.5) is 0 Å². The van der Waals surface area contributed by atoms with E-state index in [-0.39, 0.29) is 6.61 Å². The zero-order valence-electron chi connectivity index (χ0n) is 13.5. The molecule has 0 bridgehead atoms. The van der Waals surface area contributed by atoms with E-state index in [4.69, 9.17) is 9.84 Å². The van der Waals surface area contributed by atoms with Crippen LogP contribution in [0.3, 0.4) is 0 Å². The molecule has 2 aromatic carbocycles. The van der Waals surface area contributed by atoms with Crippen LogP contribution in [0.1, 0.15) is 16.7 Å². The third kappa shape index (κ3) is 2.93. The van der Waals surface area contributed by atoms with Gasteiger partial charge in [-0.1, -0.05) is 30.3 Å². The molecule has 4 heteroatoms. The lowest BCUT2D eigenvalue weighted by atomic mass is 9.90. The Hall–Kier alpha value is -2.59. The second kappa shape index (κ2) is 6.49. The minimum absolute atomic E-state index is 0.111. The van der Waals surface area contributed by atoms with Crippen molar-refractivity contribution in [1.29, 1.82) is 0 Å². The molecule has 0 saturated carbocycles. The summed E-state index contributed by atoms with van der Waals surface area (Å²) in [5, 5.41) is 13.7. The van der Waals surface area contributed by atoms with Crippen molar-refractivity contribution in [2.45, 2.75) is 26.0 Å². The van der Waals surface area contributed by atoms with Gasteiger partial charge in [0.05, 0.1) is 18.8 Å². The van der Waals surface area contributed by atoms with Crippen molar-refractivity contribution in [2.75, 3.05) is 6.61 Å². The molecule has 0 unspecified atom stereocenters. The van der Waals surface area contributed by atoms with Crippen molar-refractivity contribution < 1.29 is 9.84 Å². The third-order valence-corrected chi connectivity index (χ3v) is 4.41. The number of rotatable bonds is 5. The standard InChI is InChI=1S/C20H20N2O2/c23-11-10-22-13-17-7-6-16-12-18(8-9-19(16)20(17)21-22)24-14-15-4-2-1-3-5-15/h1-5,8-9,12-13,23H,6-7,10-11,14H2. The zero-order chi connectivity index (χ0) is 16.4. The number of aromatic nitrogens is 2. The van der Waals surface area contributed by atoms with Gasteiger partial charge in [-0.05, 0) is 47.7 Å². The van der Waals surface area contributed by atoms with Crippen LogP contribution in [0.25, 0.3) is 11.3 Å². The van der Waals surface area contributed by atoms with E-state index < -0.39 is 0 Å². The lowest BCUT2D eigenvalue weighted by molar-refractivity contribution is 0.269. The fourth-order valence-electron chi connectivity index (χ4n) is 3.20. The highest BCUT2D eigenvalue weighted by molar-refractivity contribution is 5.70. The molecule has 4 rings (SSSR count). The number of hydrogen-bond donors (Lipinski definition) is 1. The van der Waals surface area contributed by atoms with Gasteiger partial charge in [0, 0.05) is 11.8 Å². The Bertz CT molecular complexity index is 840. The van der Waals surface area contributed by atoms with Crippen LogP contribution in [-0.2, 0) is 26.0 Å². The molecule has 0 aliphatic heterocycles. The van der Waals surface area contributed by atoms with Gasteiger partial charge in [-0.25, -0.2) is 0 Å². The first-order chi connectivity index (χ1) is 11.8. The van der Waals surface area contributed by atoms with E-state index in [2.05, 4.69) is 29.4 Å². The maximum absolute atomic E-state index is 9.09. The van der Waals surface area contributed by atoms with Gasteiger partial charge in [-0.15, -0.1) is 0 Å². The maximum Gasteiger partial charge on any atom is 0.120 e. The van der Waals surface area contributed by atoms with Crippen LogP contribution in [0.5, 0.6) is 5.75 Å². The summed E-state index contributed by atoms with van der Waals surface area (Å²) in [6.45, 7) is 1.23. The first-order valence-electron chi connectivity index (χ1n) is 8.31. The summed E-state index contributed by atoms with van der Waals surface area (Å²) in [6, 6.07) is 16.4. The molecular weight excluding hydrogens is 300 g/mol. The highest BCUT2D eigenvalue weighted by Crippen LogP contribution is 2.34. The average Bonchev–Trinajstić information content (AvgIpc) is 3.04. The molecule has 0 spiro atoms. The van der Waals surface area contributed by atoms with Gasteiger partial charge in [0.15, 0.2) is 0 Å². The molecule has 3 aromatic rings. The molecule has 1 heterocycles. The lowest BCUT2D eigenvalue weighted by Crippen LogP contribution is -2.04. The minimum atomic E-state index is 0.111. The summed E-state index contributed by atoms with van der Waals surface area (Å²) in [5.41, 5.74) is 5.93. The van der Waals surface area contributed by atoms with Crippen LogP contribution >= 0.6 is 0 Å². The van der Waals surface area contributed by atoms with Gasteiger partial charge in [0.25, 0.3) is 0 Å². The van der Waals surface area contributed by atoms with Crippen LogP contribution in [-0.4, -0.2) is 21.5 Å². The van der Waals surface area contributed by atoms with E-state index in [1.807, 2.05) is 35.1 Å². The smallest absolute Gasteiger partial charge is 0.120 e. The highest BCUT2D eigenvalue weighted by Gasteiger charge is 2.20. The van der Waals surface area contributed by atoms with E-state index in [1.54, 1.807) is 0 Å². The average molecular weight is 320 g/mol. The molecule has 1 aromatic heterocycles. The minimum Gasteiger partial charge on any atom is -0.489 e. The lowest BCUT2D eigenvalue weighted by Gasteiger charge is -2.16. The molecule has 1 aliphatic rings. The predicted molar refractivity (Wildman–Crippen MR) is 92.9 cm³/mol. The number of fused-ring (bicyclic) bond motifs is 3. The number of nitrogens with zero attached hydrogens (tertiary/aromatic N) is 2. The zero-order valence-corrected chi connectivity index (χ0v) is 13.5. The number of hydrogen-bond acceptors (Lipinski definition) is 3. The molecular formula is C20H20N2O2. The number of aliphatic hydroxyl groups is 1. The number of aliphatic hydroxyl groups excluding tert-OH is 1. The molecule has 4 nitrogen and oxygen atoms in total. The van der Waals surface area contributed by atoms with Gasteiger partial charge in [-0.3, -0.25) is 4.68 Å². The second-order valence-electron chi connectivity index (χ2n) is 6.08. The molecule has 1 aliphatic carbocycles. The molecule has 1 N–H and O–H groups in total. The number of benzene rings is 2. The van der Waals surface area contributed by atoms with Gasteiger partial charge in [0.1, 0.15) is 12.4 Å². The number of aryl methyl sites for hydroxylation is 2. The van der Waals surface area contributed by atoms with Crippen LogP contribution in [0, 0.1) is 0 Å². The van der Waals surface area contributed by atoms with Crippen LogP contribution in [0.2, 0.25) is 0 Å². The predicted octanol–water partition coefficient (Wildman–Crippen LogP) is 3.22. The largest absolute Gasteiger partial charge is 0.489 e. The SMILES string of the molecule is OCCn1cc2c(n1)-c1ccc(OCc3ccccc3)cc1CC2. The van der Waals surface area contributed by atoms with Crippen molar-refractivity contribution >= 4 is 0 Å². The van der Waals surface area contributed by atoms with E-state index in [9.17, 15) is 0 Å². The van der Waals surface area contributed by atoms with Gasteiger partial charge in [-0.2, -0.15) is 5.10 Å². The normalized spacial score (nSPS) is 12.5. The van der Waals surface area contributed by atoms with E-state index >= 15 is 0 Å². The Morgan fingerprint density at radius 2 is 1.88 bits per heavy atom. The van der Waals surface area contributed by atoms with Crippen molar-refractivity contribution in [3.8, 4) is 17.0 Å². The maximum atomic E-state index is 9.09. The van der Waals surface area contributed by atoms with E-state index in [1.165, 1.54) is 22.3 Å². The summed E-state index contributed by atoms with van der Waals surface area (Å²) >= 11 is 0. The fraction of sp³-hybridized carbons (Fsp3) is 0.250.